The van der Waals surface area contributed by atoms with Gasteiger partial charge in [-0.05, 0) is 68.3 Å². The number of aliphatic hydroxyl groups is 2. The van der Waals surface area contributed by atoms with Crippen LogP contribution in [-0.2, 0) is 9.59 Å². The highest BCUT2D eigenvalue weighted by molar-refractivity contribution is 6.10. The molecule has 0 aliphatic rings. The SMILES string of the molecule is C.C.C[C@@H](O)/C=C\C(=O)N(c1ccccc1)c1ccccc1.C[C@@H](O)C#CC(=O)N(c1ccccc1)c1ccccc1. The number of para-hydroxylation sites is 4. The van der Waals surface area contributed by atoms with Crippen LogP contribution in [0.15, 0.2) is 133 Å². The molecule has 0 aliphatic carbocycles. The Morgan fingerprint density at radius 1 is 0.619 bits per heavy atom. The molecule has 4 aromatic carbocycles. The second-order valence-electron chi connectivity index (χ2n) is 8.70. The largest absolute Gasteiger partial charge is 0.389 e. The number of benzene rings is 4. The summed E-state index contributed by atoms with van der Waals surface area (Å²) < 4.78 is 0. The third kappa shape index (κ3) is 10.9. The van der Waals surface area contributed by atoms with E-state index in [-0.39, 0.29) is 26.7 Å². The highest BCUT2D eigenvalue weighted by Gasteiger charge is 2.16. The summed E-state index contributed by atoms with van der Waals surface area (Å²) in [6.07, 6.45) is 1.39. The highest BCUT2D eigenvalue weighted by Crippen LogP contribution is 2.26. The third-order valence-corrected chi connectivity index (χ3v) is 5.39. The van der Waals surface area contributed by atoms with Crippen molar-refractivity contribution < 1.29 is 19.8 Å². The van der Waals surface area contributed by atoms with Crippen LogP contribution in [-0.4, -0.2) is 34.2 Å². The van der Waals surface area contributed by atoms with Gasteiger partial charge in [-0.15, -0.1) is 0 Å². The molecule has 0 heterocycles. The van der Waals surface area contributed by atoms with Gasteiger partial charge in [0, 0.05) is 28.8 Å². The molecule has 0 aromatic heterocycles. The maximum Gasteiger partial charge on any atom is 0.307 e. The van der Waals surface area contributed by atoms with Crippen LogP contribution in [0.4, 0.5) is 22.7 Å². The van der Waals surface area contributed by atoms with Crippen molar-refractivity contribution in [1.29, 1.82) is 0 Å². The van der Waals surface area contributed by atoms with Gasteiger partial charge in [0.2, 0.25) is 0 Å². The van der Waals surface area contributed by atoms with Gasteiger partial charge in [0.1, 0.15) is 6.10 Å². The van der Waals surface area contributed by atoms with Crippen molar-refractivity contribution in [3.05, 3.63) is 133 Å². The van der Waals surface area contributed by atoms with Gasteiger partial charge >= 0.3 is 5.91 Å². The van der Waals surface area contributed by atoms with Crippen molar-refractivity contribution in [1.82, 2.24) is 0 Å². The Labute approximate surface area is 250 Å². The summed E-state index contributed by atoms with van der Waals surface area (Å²) in [5, 5.41) is 18.4. The van der Waals surface area contributed by atoms with Crippen LogP contribution < -0.4 is 9.80 Å². The maximum absolute atomic E-state index is 12.4. The molecule has 218 valence electrons. The summed E-state index contributed by atoms with van der Waals surface area (Å²) in [5.74, 6) is 4.38. The van der Waals surface area contributed by atoms with Crippen molar-refractivity contribution in [2.75, 3.05) is 9.80 Å². The van der Waals surface area contributed by atoms with Crippen LogP contribution in [0.1, 0.15) is 28.7 Å². The number of amides is 2. The zero-order chi connectivity index (χ0) is 28.7. The van der Waals surface area contributed by atoms with Crippen LogP contribution in [0.25, 0.3) is 0 Å². The van der Waals surface area contributed by atoms with E-state index >= 15 is 0 Å². The van der Waals surface area contributed by atoms with Gasteiger partial charge in [-0.3, -0.25) is 19.4 Å². The molecule has 6 heteroatoms. The number of carbonyl (C=O) groups excluding carboxylic acids is 2. The van der Waals surface area contributed by atoms with E-state index in [2.05, 4.69) is 11.8 Å². The standard InChI is InChI=1S/C17H17NO2.C17H15NO2.2CH4/c2*1-14(19)12-13-17(20)18(15-8-4-2-5-9-15)16-10-6-3-7-11-16;;/h2-14,19H,1H3;2-11,14,19H,1H3;2*1H4/b13-12-;;;/t2*14-;;/m11../s1. The molecule has 0 unspecified atom stereocenters. The molecular formula is C36H40N2O4. The fourth-order valence-electron chi connectivity index (χ4n) is 3.61. The van der Waals surface area contributed by atoms with E-state index in [9.17, 15) is 19.8 Å². The van der Waals surface area contributed by atoms with Crippen LogP contribution >= 0.6 is 0 Å². The Hall–Kier alpha value is -4.96. The lowest BCUT2D eigenvalue weighted by atomic mass is 10.2. The highest BCUT2D eigenvalue weighted by atomic mass is 16.3. The Morgan fingerprint density at radius 2 is 0.952 bits per heavy atom. The van der Waals surface area contributed by atoms with Gasteiger partial charge < -0.3 is 10.2 Å². The molecule has 0 saturated carbocycles. The van der Waals surface area contributed by atoms with Crippen LogP contribution in [0, 0.1) is 11.8 Å². The fourth-order valence-corrected chi connectivity index (χ4v) is 3.61. The molecule has 0 radical (unpaired) electrons. The molecule has 0 spiro atoms. The summed E-state index contributed by atoms with van der Waals surface area (Å²) >= 11 is 0. The molecule has 4 aromatic rings. The van der Waals surface area contributed by atoms with Gasteiger partial charge in [0.25, 0.3) is 5.91 Å². The van der Waals surface area contributed by atoms with Crippen LogP contribution in [0.3, 0.4) is 0 Å². The lowest BCUT2D eigenvalue weighted by Gasteiger charge is -2.21. The number of anilines is 4. The molecule has 0 saturated heterocycles. The van der Waals surface area contributed by atoms with Gasteiger partial charge in [0.05, 0.1) is 6.10 Å². The third-order valence-electron chi connectivity index (χ3n) is 5.39. The Morgan fingerprint density at radius 3 is 1.26 bits per heavy atom. The van der Waals surface area contributed by atoms with Crippen LogP contribution in [0.2, 0.25) is 0 Å². The number of nitrogens with zero attached hydrogens (tertiary/aromatic N) is 2. The number of hydrogen-bond donors (Lipinski definition) is 2. The topological polar surface area (TPSA) is 81.1 Å². The van der Waals surface area contributed by atoms with Crippen molar-refractivity contribution in [2.24, 2.45) is 0 Å². The average Bonchev–Trinajstić information content (AvgIpc) is 2.98. The first kappa shape index (κ1) is 35.1. The smallest absolute Gasteiger partial charge is 0.307 e. The Kier molecular flexibility index (Phi) is 15.4. The molecule has 0 fully saturated rings. The zero-order valence-electron chi connectivity index (χ0n) is 22.5. The minimum absolute atomic E-state index is 0. The molecule has 2 amide bonds. The second kappa shape index (κ2) is 18.4. The summed E-state index contributed by atoms with van der Waals surface area (Å²) in [6.45, 7) is 3.13. The van der Waals surface area contributed by atoms with E-state index < -0.39 is 12.2 Å². The normalized spacial score (nSPS) is 11.1. The van der Waals surface area contributed by atoms with E-state index in [4.69, 9.17) is 0 Å². The molecule has 0 bridgehead atoms. The zero-order valence-corrected chi connectivity index (χ0v) is 22.5. The molecule has 42 heavy (non-hydrogen) atoms. The van der Waals surface area contributed by atoms with Gasteiger partial charge in [-0.25, -0.2) is 0 Å². The fraction of sp³-hybridized carbons (Fsp3) is 0.167. The van der Waals surface area contributed by atoms with E-state index in [1.165, 1.54) is 24.0 Å². The van der Waals surface area contributed by atoms with E-state index in [1.54, 1.807) is 11.8 Å². The first-order valence-corrected chi connectivity index (χ1v) is 12.8. The minimum atomic E-state index is -0.827. The maximum atomic E-state index is 12.4. The number of rotatable bonds is 6. The second-order valence-corrected chi connectivity index (χ2v) is 8.70. The van der Waals surface area contributed by atoms with Crippen molar-refractivity contribution in [3.8, 4) is 11.8 Å². The summed E-state index contributed by atoms with van der Waals surface area (Å²) in [6, 6.07) is 37.4. The van der Waals surface area contributed by atoms with E-state index in [0.29, 0.717) is 0 Å². The van der Waals surface area contributed by atoms with Gasteiger partial charge in [-0.2, -0.15) is 0 Å². The summed E-state index contributed by atoms with van der Waals surface area (Å²) in [7, 11) is 0. The molecule has 2 atom stereocenters. The summed E-state index contributed by atoms with van der Waals surface area (Å²) in [4.78, 5) is 27.8. The van der Waals surface area contributed by atoms with E-state index in [1.807, 2.05) is 121 Å². The lowest BCUT2D eigenvalue weighted by molar-refractivity contribution is -0.114. The number of aliphatic hydroxyl groups excluding tert-OH is 2. The first-order chi connectivity index (χ1) is 19.4. The van der Waals surface area contributed by atoms with Crippen molar-refractivity contribution in [3.63, 3.8) is 0 Å². The van der Waals surface area contributed by atoms with Gasteiger partial charge in [0.15, 0.2) is 0 Å². The monoisotopic (exact) mass is 564 g/mol. The van der Waals surface area contributed by atoms with Crippen molar-refractivity contribution in [2.45, 2.75) is 40.9 Å². The Bertz CT molecular complexity index is 1350. The number of carbonyl (C=O) groups is 2. The van der Waals surface area contributed by atoms with Crippen LogP contribution in [0.5, 0.6) is 0 Å². The predicted octanol–water partition coefficient (Wildman–Crippen LogP) is 7.30. The average molecular weight is 565 g/mol. The predicted molar refractivity (Wildman–Crippen MR) is 174 cm³/mol. The lowest BCUT2D eigenvalue weighted by Crippen LogP contribution is -2.24. The molecule has 2 N–H and O–H groups in total. The summed E-state index contributed by atoms with van der Waals surface area (Å²) in [5.41, 5.74) is 3.06. The molecule has 6 nitrogen and oxygen atoms in total. The Balaban J connectivity index is 0.000000401. The molecule has 4 rings (SSSR count). The van der Waals surface area contributed by atoms with E-state index in [0.717, 1.165) is 22.7 Å². The number of hydrogen-bond acceptors (Lipinski definition) is 4. The minimum Gasteiger partial charge on any atom is -0.389 e. The molecule has 0 aliphatic heterocycles. The van der Waals surface area contributed by atoms with Gasteiger partial charge in [-0.1, -0.05) is 99.6 Å². The first-order valence-electron chi connectivity index (χ1n) is 12.8. The van der Waals surface area contributed by atoms with Crippen molar-refractivity contribution >= 4 is 34.6 Å². The molecular weight excluding hydrogens is 524 g/mol. The quantitative estimate of drug-likeness (QED) is 0.190.